The zero-order valence-corrected chi connectivity index (χ0v) is 22.3. The summed E-state index contributed by atoms with van der Waals surface area (Å²) < 4.78 is 0. The van der Waals surface area contributed by atoms with Crippen LogP contribution in [-0.2, 0) is 11.2 Å². The monoisotopic (exact) mass is 551 g/mol. The van der Waals surface area contributed by atoms with Crippen molar-refractivity contribution in [2.24, 2.45) is 0 Å². The van der Waals surface area contributed by atoms with Crippen molar-refractivity contribution in [1.29, 1.82) is 0 Å². The van der Waals surface area contributed by atoms with Crippen LogP contribution in [0.1, 0.15) is 51.8 Å². The highest BCUT2D eigenvalue weighted by molar-refractivity contribution is 8.14. The number of hydrazine groups is 1. The van der Waals surface area contributed by atoms with Crippen molar-refractivity contribution in [3.05, 3.63) is 94.1 Å². The van der Waals surface area contributed by atoms with Crippen LogP contribution in [0.15, 0.2) is 66.9 Å². The number of pyridine rings is 1. The minimum Gasteiger partial charge on any atom is -0.354 e. The van der Waals surface area contributed by atoms with E-state index in [4.69, 9.17) is 23.8 Å². The molecule has 1 amide bonds. The van der Waals surface area contributed by atoms with Gasteiger partial charge in [-0.2, -0.15) is 0 Å². The van der Waals surface area contributed by atoms with Crippen molar-refractivity contribution in [3.8, 4) is 0 Å². The molecule has 3 atom stereocenters. The predicted molar refractivity (Wildman–Crippen MR) is 152 cm³/mol. The van der Waals surface area contributed by atoms with Gasteiger partial charge in [-0.3, -0.25) is 20.4 Å². The number of rotatable bonds is 6. The fraction of sp³-hybridized carbons (Fsp3) is 0.259. The first-order valence-electron chi connectivity index (χ1n) is 12.1. The number of benzene rings is 2. The van der Waals surface area contributed by atoms with Crippen molar-refractivity contribution < 1.29 is 9.59 Å². The fourth-order valence-electron chi connectivity index (χ4n) is 4.81. The second-order valence-electron chi connectivity index (χ2n) is 8.99. The quantitative estimate of drug-likeness (QED) is 0.257. The molecule has 3 unspecified atom stereocenters. The van der Waals surface area contributed by atoms with Crippen LogP contribution in [0.3, 0.4) is 0 Å². The molecule has 1 aliphatic heterocycles. The van der Waals surface area contributed by atoms with Gasteiger partial charge in [-0.05, 0) is 54.2 Å². The molecule has 1 fully saturated rings. The average molecular weight is 552 g/mol. The summed E-state index contributed by atoms with van der Waals surface area (Å²) in [5.74, 6) is 0.929. The minimum atomic E-state index is -0.469. The van der Waals surface area contributed by atoms with Crippen molar-refractivity contribution in [2.45, 2.75) is 37.3 Å². The summed E-state index contributed by atoms with van der Waals surface area (Å²) in [4.78, 5) is 28.6. The van der Waals surface area contributed by atoms with Crippen molar-refractivity contribution >= 4 is 57.5 Å². The fourth-order valence-corrected chi connectivity index (χ4v) is 6.14. The smallest absolute Gasteiger partial charge is 0.253 e. The molecule has 5 rings (SSSR count). The second kappa shape index (κ2) is 11.5. The Morgan fingerprint density at radius 2 is 1.84 bits per heavy atom. The van der Waals surface area contributed by atoms with E-state index in [2.05, 4.69) is 75.0 Å². The van der Waals surface area contributed by atoms with Crippen LogP contribution >= 0.6 is 35.6 Å². The van der Waals surface area contributed by atoms with Gasteiger partial charge >= 0.3 is 0 Å². The highest BCUT2D eigenvalue weighted by atomic mass is 35.5. The number of hydrogen-bond acceptors (Lipinski definition) is 6. The topological polar surface area (TPSA) is 95.2 Å². The number of fused-ring (bicyclic) bond motifs is 1. The van der Waals surface area contributed by atoms with E-state index in [1.807, 2.05) is 6.07 Å². The Kier molecular flexibility index (Phi) is 7.93. The van der Waals surface area contributed by atoms with Crippen LogP contribution in [-0.4, -0.2) is 32.9 Å². The molecule has 1 aliphatic carbocycles. The van der Waals surface area contributed by atoms with E-state index in [0.717, 1.165) is 12.8 Å². The number of nitrogens with one attached hydrogen (secondary N) is 4. The standard InChI is InChI=1S/C27H26ClN5O2S2/c28-21-14-18(25(34)30-22-12-13-37-26(22)35)15-29-24(21)32-33-27(36)31-23-19-9-5-4-8-17(19)10-11-20(23)16-6-2-1-3-7-16/h1-9,14-15,20,22-23H,10-13H2,(H,29,32)(H,30,34)(H2,31,33,36). The number of aromatic nitrogens is 1. The summed E-state index contributed by atoms with van der Waals surface area (Å²) in [7, 11) is 0. The second-order valence-corrected chi connectivity index (χ2v) is 10.9. The van der Waals surface area contributed by atoms with Gasteiger partial charge in [0.1, 0.15) is 0 Å². The van der Waals surface area contributed by atoms with Crippen LogP contribution in [0, 0.1) is 0 Å². The third-order valence-corrected chi connectivity index (χ3v) is 8.19. The molecular weight excluding hydrogens is 526 g/mol. The predicted octanol–water partition coefficient (Wildman–Crippen LogP) is 4.76. The Hall–Kier alpha value is -3.14. The first kappa shape index (κ1) is 25.5. The van der Waals surface area contributed by atoms with Gasteiger partial charge in [0.25, 0.3) is 5.91 Å². The average Bonchev–Trinajstić information content (AvgIpc) is 3.32. The maximum Gasteiger partial charge on any atom is 0.253 e. The molecule has 1 aromatic heterocycles. The minimum absolute atomic E-state index is 0.000106. The number of thioether (sulfide) groups is 1. The zero-order chi connectivity index (χ0) is 25.8. The maximum atomic E-state index is 12.5. The number of halogens is 1. The lowest BCUT2D eigenvalue weighted by Gasteiger charge is -2.35. The number of hydrogen-bond donors (Lipinski definition) is 4. The third-order valence-electron chi connectivity index (χ3n) is 6.67. The lowest BCUT2D eigenvalue weighted by atomic mass is 9.76. The van der Waals surface area contributed by atoms with Crippen LogP contribution in [0.4, 0.5) is 5.82 Å². The molecule has 2 aliphatic rings. The van der Waals surface area contributed by atoms with E-state index >= 15 is 0 Å². The molecule has 0 spiro atoms. The highest BCUT2D eigenvalue weighted by Gasteiger charge is 2.31. The van der Waals surface area contributed by atoms with Gasteiger partial charge in [0.15, 0.2) is 10.9 Å². The van der Waals surface area contributed by atoms with Gasteiger partial charge in [-0.1, -0.05) is 78.0 Å². The molecule has 4 N–H and O–H groups in total. The largest absolute Gasteiger partial charge is 0.354 e. The Balaban J connectivity index is 1.24. The summed E-state index contributed by atoms with van der Waals surface area (Å²) in [6.07, 6.45) is 4.06. The lowest BCUT2D eigenvalue weighted by molar-refractivity contribution is -0.112. The Labute approximate surface area is 230 Å². The number of nitrogens with zero attached hydrogens (tertiary/aromatic N) is 1. The van der Waals surface area contributed by atoms with Gasteiger partial charge in [-0.25, -0.2) is 4.98 Å². The van der Waals surface area contributed by atoms with E-state index < -0.39 is 6.04 Å². The molecule has 2 heterocycles. The summed E-state index contributed by atoms with van der Waals surface area (Å²) in [6, 6.07) is 20.0. The SMILES string of the molecule is O=C(NC1CCSC1=O)c1cnc(NNC(=S)NC2c3ccccc3CCC2c2ccccc2)c(Cl)c1. The number of thiocarbonyl (C=S) groups is 1. The highest BCUT2D eigenvalue weighted by Crippen LogP contribution is 2.40. The first-order chi connectivity index (χ1) is 18.0. The van der Waals surface area contributed by atoms with Gasteiger partial charge in [0, 0.05) is 17.9 Å². The normalized spacial score (nSPS) is 20.6. The van der Waals surface area contributed by atoms with Crippen molar-refractivity contribution in [3.63, 3.8) is 0 Å². The molecule has 7 nitrogen and oxygen atoms in total. The molecular formula is C27H26ClN5O2S2. The summed E-state index contributed by atoms with van der Waals surface area (Å²) in [5.41, 5.74) is 10.0. The summed E-state index contributed by atoms with van der Waals surface area (Å²) >= 11 is 13.2. The van der Waals surface area contributed by atoms with Crippen LogP contribution in [0.2, 0.25) is 5.02 Å². The zero-order valence-electron chi connectivity index (χ0n) is 19.9. The van der Waals surface area contributed by atoms with E-state index in [1.54, 1.807) is 0 Å². The summed E-state index contributed by atoms with van der Waals surface area (Å²) in [6.45, 7) is 0. The van der Waals surface area contributed by atoms with Crippen LogP contribution in [0.25, 0.3) is 0 Å². The molecule has 0 saturated carbocycles. The van der Waals surface area contributed by atoms with E-state index in [9.17, 15) is 9.59 Å². The number of amides is 1. The van der Waals surface area contributed by atoms with Crippen molar-refractivity contribution in [1.82, 2.24) is 21.0 Å². The van der Waals surface area contributed by atoms with Crippen molar-refractivity contribution in [2.75, 3.05) is 11.2 Å². The van der Waals surface area contributed by atoms with Gasteiger partial charge in [-0.15, -0.1) is 0 Å². The molecule has 3 aromatic rings. The Bertz CT molecular complexity index is 1320. The molecule has 10 heteroatoms. The van der Waals surface area contributed by atoms with Gasteiger partial charge in [0.05, 0.1) is 22.7 Å². The number of anilines is 1. The number of carbonyl (C=O) groups is 2. The van der Waals surface area contributed by atoms with E-state index in [-0.39, 0.29) is 33.6 Å². The van der Waals surface area contributed by atoms with Gasteiger partial charge in [0.2, 0.25) is 5.12 Å². The van der Waals surface area contributed by atoms with E-state index in [1.165, 1.54) is 40.7 Å². The Morgan fingerprint density at radius 3 is 2.59 bits per heavy atom. The molecule has 2 aromatic carbocycles. The first-order valence-corrected chi connectivity index (χ1v) is 13.8. The Morgan fingerprint density at radius 1 is 1.05 bits per heavy atom. The van der Waals surface area contributed by atoms with Crippen LogP contribution in [0.5, 0.6) is 0 Å². The lowest BCUT2D eigenvalue weighted by Crippen LogP contribution is -2.43. The summed E-state index contributed by atoms with van der Waals surface area (Å²) in [5, 5.41) is 6.85. The molecule has 1 saturated heterocycles. The molecule has 190 valence electrons. The number of aryl methyl sites for hydroxylation is 1. The number of carbonyl (C=O) groups excluding carboxylic acids is 2. The van der Waals surface area contributed by atoms with Gasteiger partial charge < -0.3 is 10.6 Å². The molecule has 37 heavy (non-hydrogen) atoms. The van der Waals surface area contributed by atoms with Crippen LogP contribution < -0.4 is 21.5 Å². The molecule has 0 radical (unpaired) electrons. The third kappa shape index (κ3) is 5.89. The van der Waals surface area contributed by atoms with E-state index in [0.29, 0.717) is 23.1 Å². The molecule has 0 bridgehead atoms. The maximum absolute atomic E-state index is 12.5.